The lowest BCUT2D eigenvalue weighted by Gasteiger charge is -2.44. The second-order valence-corrected chi connectivity index (χ2v) is 9.35. The average Bonchev–Trinajstić information content (AvgIpc) is 2.86. The number of aryl methyl sites for hydroxylation is 1. The average molecular weight is 354 g/mol. The highest BCUT2D eigenvalue weighted by molar-refractivity contribution is 7.91. The first-order chi connectivity index (χ1) is 11.3. The number of benzene rings is 1. The van der Waals surface area contributed by atoms with Gasteiger partial charge in [-0.25, -0.2) is 12.8 Å². The molecule has 0 amide bonds. The van der Waals surface area contributed by atoms with E-state index in [1.54, 1.807) is 6.92 Å². The maximum atomic E-state index is 14.2. The second kappa shape index (κ2) is 6.73. The number of nitrogens with zero attached hydrogens (tertiary/aromatic N) is 2. The van der Waals surface area contributed by atoms with E-state index in [0.29, 0.717) is 17.7 Å². The summed E-state index contributed by atoms with van der Waals surface area (Å²) < 4.78 is 38.6. The number of hydrogen-bond acceptors (Lipinski definition) is 4. The van der Waals surface area contributed by atoms with Crippen LogP contribution in [0.1, 0.15) is 30.0 Å². The van der Waals surface area contributed by atoms with Crippen LogP contribution < -0.4 is 0 Å². The van der Waals surface area contributed by atoms with Crippen molar-refractivity contribution < 1.29 is 12.8 Å². The summed E-state index contributed by atoms with van der Waals surface area (Å²) in [5, 5.41) is 0. The standard InChI is InChI=1S/C18H27FN2O2S/c1-4-7-20-8-9-21(17-12-24(22,23)11-16(17)20)10-15-6-5-13(2)18(19)14(15)3/h5-6,16-17H,4,7-12H2,1-3H3/t16-,17+/m1/s1. The molecule has 1 aromatic rings. The summed E-state index contributed by atoms with van der Waals surface area (Å²) in [6.07, 6.45) is 1.03. The molecular weight excluding hydrogens is 327 g/mol. The molecule has 0 N–H and O–H groups in total. The normalized spacial score (nSPS) is 27.3. The Labute approximate surface area is 144 Å². The van der Waals surface area contributed by atoms with Crippen molar-refractivity contribution in [1.29, 1.82) is 0 Å². The molecule has 0 aliphatic carbocycles. The molecule has 0 saturated carbocycles. The minimum absolute atomic E-state index is 0.0269. The van der Waals surface area contributed by atoms with Crippen molar-refractivity contribution in [3.05, 3.63) is 34.6 Å². The zero-order chi connectivity index (χ0) is 17.5. The Hall–Kier alpha value is -0.980. The number of piperazine rings is 1. The van der Waals surface area contributed by atoms with Gasteiger partial charge in [0.25, 0.3) is 0 Å². The van der Waals surface area contributed by atoms with Gasteiger partial charge in [-0.2, -0.15) is 0 Å². The summed E-state index contributed by atoms with van der Waals surface area (Å²) in [4.78, 5) is 4.58. The van der Waals surface area contributed by atoms with Gasteiger partial charge in [0, 0.05) is 31.7 Å². The first-order valence-electron chi connectivity index (χ1n) is 8.75. The van der Waals surface area contributed by atoms with Crippen LogP contribution in [0, 0.1) is 19.7 Å². The number of hydrogen-bond donors (Lipinski definition) is 0. The van der Waals surface area contributed by atoms with Crippen LogP contribution in [0.3, 0.4) is 0 Å². The van der Waals surface area contributed by atoms with Crippen LogP contribution in [0.5, 0.6) is 0 Å². The molecule has 2 aliphatic rings. The number of sulfone groups is 1. The molecule has 6 heteroatoms. The van der Waals surface area contributed by atoms with Gasteiger partial charge in [0.2, 0.25) is 0 Å². The molecule has 2 fully saturated rings. The van der Waals surface area contributed by atoms with E-state index in [2.05, 4.69) is 16.7 Å². The molecule has 1 aromatic carbocycles. The van der Waals surface area contributed by atoms with Crippen molar-refractivity contribution in [1.82, 2.24) is 9.80 Å². The second-order valence-electron chi connectivity index (χ2n) is 7.20. The van der Waals surface area contributed by atoms with Crippen LogP contribution in [0.15, 0.2) is 12.1 Å². The van der Waals surface area contributed by atoms with Crippen molar-refractivity contribution in [2.75, 3.05) is 31.1 Å². The number of fused-ring (bicyclic) bond motifs is 1. The maximum absolute atomic E-state index is 14.2. The fourth-order valence-electron chi connectivity index (χ4n) is 4.11. The molecule has 2 aliphatic heterocycles. The fraction of sp³-hybridized carbons (Fsp3) is 0.667. The molecule has 2 saturated heterocycles. The lowest BCUT2D eigenvalue weighted by molar-refractivity contribution is 0.0404. The Morgan fingerprint density at radius 1 is 1.12 bits per heavy atom. The van der Waals surface area contributed by atoms with Gasteiger partial charge in [-0.1, -0.05) is 19.1 Å². The van der Waals surface area contributed by atoms with Gasteiger partial charge in [0.1, 0.15) is 5.82 Å². The monoisotopic (exact) mass is 354 g/mol. The lowest BCUT2D eigenvalue weighted by Crippen LogP contribution is -2.58. The number of rotatable bonds is 4. The SMILES string of the molecule is CCCN1CCN(Cc2ccc(C)c(F)c2C)[C@H]2CS(=O)(=O)C[C@H]21. The molecule has 3 rings (SSSR count). The molecule has 0 radical (unpaired) electrons. The van der Waals surface area contributed by atoms with Crippen LogP contribution in [0.4, 0.5) is 4.39 Å². The van der Waals surface area contributed by atoms with Gasteiger partial charge in [-0.15, -0.1) is 0 Å². The van der Waals surface area contributed by atoms with Gasteiger partial charge in [0.15, 0.2) is 9.84 Å². The van der Waals surface area contributed by atoms with E-state index in [4.69, 9.17) is 0 Å². The molecule has 0 aromatic heterocycles. The highest BCUT2D eigenvalue weighted by Crippen LogP contribution is 2.29. The molecular formula is C18H27FN2O2S. The van der Waals surface area contributed by atoms with Crippen molar-refractivity contribution in [3.8, 4) is 0 Å². The van der Waals surface area contributed by atoms with Crippen LogP contribution >= 0.6 is 0 Å². The van der Waals surface area contributed by atoms with E-state index >= 15 is 0 Å². The summed E-state index contributed by atoms with van der Waals surface area (Å²) >= 11 is 0. The summed E-state index contributed by atoms with van der Waals surface area (Å²) in [6.45, 7) is 9.01. The van der Waals surface area contributed by atoms with Gasteiger partial charge in [0.05, 0.1) is 11.5 Å². The first-order valence-corrected chi connectivity index (χ1v) is 10.6. The van der Waals surface area contributed by atoms with Crippen LogP contribution in [0.25, 0.3) is 0 Å². The van der Waals surface area contributed by atoms with E-state index in [9.17, 15) is 12.8 Å². The predicted molar refractivity (Wildman–Crippen MR) is 94.4 cm³/mol. The maximum Gasteiger partial charge on any atom is 0.153 e. The zero-order valence-electron chi connectivity index (χ0n) is 14.8. The van der Waals surface area contributed by atoms with Gasteiger partial charge < -0.3 is 0 Å². The summed E-state index contributed by atoms with van der Waals surface area (Å²) in [5.74, 6) is 0.341. The zero-order valence-corrected chi connectivity index (χ0v) is 15.6. The summed E-state index contributed by atoms with van der Waals surface area (Å²) in [5.41, 5.74) is 2.30. The Balaban J connectivity index is 1.83. The Morgan fingerprint density at radius 2 is 1.75 bits per heavy atom. The van der Waals surface area contributed by atoms with E-state index in [-0.39, 0.29) is 29.4 Å². The highest BCUT2D eigenvalue weighted by Gasteiger charge is 2.46. The van der Waals surface area contributed by atoms with Crippen molar-refractivity contribution in [2.45, 2.75) is 45.8 Å². The van der Waals surface area contributed by atoms with Gasteiger partial charge in [-0.05, 0) is 43.5 Å². The molecule has 0 unspecified atom stereocenters. The molecule has 2 atom stereocenters. The first kappa shape index (κ1) is 17.8. The Bertz CT molecular complexity index is 720. The van der Waals surface area contributed by atoms with Crippen molar-refractivity contribution in [2.24, 2.45) is 0 Å². The quantitative estimate of drug-likeness (QED) is 0.831. The third-order valence-corrected chi connectivity index (χ3v) is 7.18. The molecule has 24 heavy (non-hydrogen) atoms. The smallest absolute Gasteiger partial charge is 0.153 e. The lowest BCUT2D eigenvalue weighted by atomic mass is 10.0. The fourth-order valence-corrected chi connectivity index (χ4v) is 6.15. The topological polar surface area (TPSA) is 40.6 Å². The summed E-state index contributed by atoms with van der Waals surface area (Å²) in [6, 6.07) is 3.90. The van der Waals surface area contributed by atoms with Gasteiger partial charge >= 0.3 is 0 Å². The Kier molecular flexibility index (Phi) is 5.00. The van der Waals surface area contributed by atoms with Crippen LogP contribution in [-0.4, -0.2) is 61.4 Å². The minimum Gasteiger partial charge on any atom is -0.297 e. The molecule has 4 nitrogen and oxygen atoms in total. The Morgan fingerprint density at radius 3 is 2.42 bits per heavy atom. The van der Waals surface area contributed by atoms with Crippen LogP contribution in [0.2, 0.25) is 0 Å². The van der Waals surface area contributed by atoms with Gasteiger partial charge in [-0.3, -0.25) is 9.80 Å². The van der Waals surface area contributed by atoms with Crippen LogP contribution in [-0.2, 0) is 16.4 Å². The van der Waals surface area contributed by atoms with Crippen molar-refractivity contribution in [3.63, 3.8) is 0 Å². The summed E-state index contributed by atoms with van der Waals surface area (Å²) in [7, 11) is -2.99. The molecule has 0 bridgehead atoms. The molecule has 2 heterocycles. The molecule has 134 valence electrons. The number of halogens is 1. The molecule has 0 spiro atoms. The third-order valence-electron chi connectivity index (χ3n) is 5.48. The predicted octanol–water partition coefficient (Wildman–Crippen LogP) is 2.14. The minimum atomic E-state index is -2.99. The van der Waals surface area contributed by atoms with E-state index < -0.39 is 9.84 Å². The van der Waals surface area contributed by atoms with E-state index in [0.717, 1.165) is 31.6 Å². The third kappa shape index (κ3) is 3.37. The van der Waals surface area contributed by atoms with E-state index in [1.165, 1.54) is 0 Å². The highest BCUT2D eigenvalue weighted by atomic mass is 32.2. The van der Waals surface area contributed by atoms with E-state index in [1.807, 2.05) is 19.1 Å². The van der Waals surface area contributed by atoms with Crippen molar-refractivity contribution >= 4 is 9.84 Å². The largest absolute Gasteiger partial charge is 0.297 e.